The molecule has 1 spiro atoms. The van der Waals surface area contributed by atoms with E-state index in [1.54, 1.807) is 6.07 Å². The monoisotopic (exact) mass is 506 g/mol. The van der Waals surface area contributed by atoms with E-state index in [-0.39, 0.29) is 29.7 Å². The van der Waals surface area contributed by atoms with Crippen LogP contribution in [0.3, 0.4) is 0 Å². The molecule has 3 aliphatic carbocycles. The van der Waals surface area contributed by atoms with Crippen LogP contribution in [0.1, 0.15) is 47.4 Å². The van der Waals surface area contributed by atoms with Crippen LogP contribution in [0.2, 0.25) is 0 Å². The number of likely N-dealkylation sites (tertiary alicyclic amines) is 1. The van der Waals surface area contributed by atoms with Gasteiger partial charge >= 0.3 is 6.18 Å². The van der Waals surface area contributed by atoms with Crippen molar-refractivity contribution >= 4 is 10.0 Å². The third-order valence-electron chi connectivity index (χ3n) is 8.58. The van der Waals surface area contributed by atoms with Crippen molar-refractivity contribution in [3.05, 3.63) is 64.7 Å². The molecule has 1 heterocycles. The molecule has 2 aromatic rings. The molecule has 2 saturated carbocycles. The summed E-state index contributed by atoms with van der Waals surface area (Å²) < 4.78 is 72.7. The Labute approximate surface area is 203 Å². The second-order valence-electron chi connectivity index (χ2n) is 10.5. The molecule has 188 valence electrons. The number of hydrogen-bond donors (Lipinski definition) is 1. The van der Waals surface area contributed by atoms with Crippen LogP contribution in [0.4, 0.5) is 13.2 Å². The summed E-state index contributed by atoms with van der Waals surface area (Å²) in [4.78, 5) is 2.33. The largest absolute Gasteiger partial charge is 0.492 e. The van der Waals surface area contributed by atoms with Gasteiger partial charge in [0, 0.05) is 24.0 Å². The first-order valence-electron chi connectivity index (χ1n) is 12.2. The topological polar surface area (TPSA) is 58.4 Å². The number of rotatable bonds is 8. The summed E-state index contributed by atoms with van der Waals surface area (Å²) in [5.41, 5.74) is 2.57. The second kappa shape index (κ2) is 7.95. The van der Waals surface area contributed by atoms with E-state index in [2.05, 4.69) is 22.7 Å². The van der Waals surface area contributed by atoms with Gasteiger partial charge < -0.3 is 4.74 Å². The molecule has 5 nitrogen and oxygen atoms in total. The number of alkyl halides is 3. The van der Waals surface area contributed by atoms with Crippen LogP contribution < -0.4 is 9.46 Å². The van der Waals surface area contributed by atoms with Crippen LogP contribution in [-0.4, -0.2) is 50.9 Å². The van der Waals surface area contributed by atoms with Gasteiger partial charge in [0.15, 0.2) is 0 Å². The Bertz CT molecular complexity index is 1250. The van der Waals surface area contributed by atoms with Gasteiger partial charge in [0.05, 0.1) is 10.8 Å². The number of likely N-dealkylation sites (N-methyl/N-ethyl adjacent to an activating group) is 1. The predicted octanol–water partition coefficient (Wildman–Crippen LogP) is 4.12. The van der Waals surface area contributed by atoms with Crippen molar-refractivity contribution in [3.8, 4) is 5.75 Å². The number of nitrogens with one attached hydrogen (secondary N) is 1. The molecule has 3 unspecified atom stereocenters. The predicted molar refractivity (Wildman–Crippen MR) is 126 cm³/mol. The van der Waals surface area contributed by atoms with Gasteiger partial charge in [-0.3, -0.25) is 4.90 Å². The Morgan fingerprint density at radius 3 is 2.57 bits per heavy atom. The van der Waals surface area contributed by atoms with Gasteiger partial charge in [-0.25, -0.2) is 13.1 Å². The highest BCUT2D eigenvalue weighted by atomic mass is 32.2. The molecular formula is C26H29F3N2O3S. The van der Waals surface area contributed by atoms with Gasteiger partial charge in [0.2, 0.25) is 10.0 Å². The molecule has 0 amide bonds. The Morgan fingerprint density at radius 1 is 1.14 bits per heavy atom. The number of ether oxygens (including phenoxy) is 1. The first kappa shape index (κ1) is 23.3. The number of nitrogens with zero attached hydrogens (tertiary/aromatic N) is 1. The Hall–Kier alpha value is -2.10. The third-order valence-corrected chi connectivity index (χ3v) is 10.5. The molecule has 0 radical (unpaired) electrons. The first-order valence-corrected chi connectivity index (χ1v) is 13.8. The maximum absolute atomic E-state index is 13.3. The van der Waals surface area contributed by atoms with Crippen molar-refractivity contribution in [1.82, 2.24) is 9.62 Å². The zero-order valence-corrected chi connectivity index (χ0v) is 20.3. The molecule has 3 fully saturated rings. The maximum Gasteiger partial charge on any atom is 0.416 e. The highest BCUT2D eigenvalue weighted by molar-refractivity contribution is 7.90. The molecule has 4 aliphatic rings. The summed E-state index contributed by atoms with van der Waals surface area (Å²) in [6.45, 7) is 0.435. The van der Waals surface area contributed by atoms with Crippen LogP contribution >= 0.6 is 0 Å². The van der Waals surface area contributed by atoms with Crippen molar-refractivity contribution in [3.63, 3.8) is 0 Å². The minimum atomic E-state index is -4.36. The number of sulfonamides is 1. The Balaban J connectivity index is 1.18. The van der Waals surface area contributed by atoms with E-state index in [0.29, 0.717) is 42.7 Å². The molecule has 3 atom stereocenters. The normalized spacial score (nSPS) is 31.1. The number of hydrogen-bond acceptors (Lipinski definition) is 4. The minimum Gasteiger partial charge on any atom is -0.492 e. The van der Waals surface area contributed by atoms with Crippen molar-refractivity contribution in [2.45, 2.75) is 61.5 Å². The molecule has 2 aromatic carbocycles. The van der Waals surface area contributed by atoms with Gasteiger partial charge in [-0.05, 0) is 73.5 Å². The molecule has 0 aromatic heterocycles. The summed E-state index contributed by atoms with van der Waals surface area (Å²) in [6.07, 6.45) is -0.474. The molecule has 1 aliphatic heterocycles. The van der Waals surface area contributed by atoms with Crippen LogP contribution in [0, 0.1) is 5.41 Å². The average Bonchev–Trinajstić information content (AvgIpc) is 3.60. The fourth-order valence-corrected chi connectivity index (χ4v) is 8.06. The number of fused-ring (bicyclic) bond motifs is 4. The summed E-state index contributed by atoms with van der Waals surface area (Å²) in [5, 5.41) is -0.279. The molecule has 1 saturated heterocycles. The number of benzene rings is 2. The maximum atomic E-state index is 13.3. The van der Waals surface area contributed by atoms with Gasteiger partial charge in [-0.2, -0.15) is 13.2 Å². The molecule has 1 N–H and O–H groups in total. The zero-order valence-electron chi connectivity index (χ0n) is 19.5. The van der Waals surface area contributed by atoms with E-state index < -0.39 is 21.8 Å². The number of halogens is 3. The van der Waals surface area contributed by atoms with Crippen molar-refractivity contribution in [1.29, 1.82) is 0 Å². The van der Waals surface area contributed by atoms with Crippen LogP contribution in [-0.2, 0) is 29.0 Å². The van der Waals surface area contributed by atoms with Crippen LogP contribution in [0.5, 0.6) is 5.75 Å². The van der Waals surface area contributed by atoms with Gasteiger partial charge in [0.25, 0.3) is 0 Å². The highest BCUT2D eigenvalue weighted by Crippen LogP contribution is 2.76. The molecule has 0 bridgehead atoms. The van der Waals surface area contributed by atoms with E-state index in [1.165, 1.54) is 17.7 Å². The van der Waals surface area contributed by atoms with Crippen molar-refractivity contribution in [2.24, 2.45) is 5.41 Å². The highest BCUT2D eigenvalue weighted by Gasteiger charge is 2.84. The van der Waals surface area contributed by atoms with Crippen LogP contribution in [0.15, 0.2) is 42.5 Å². The Kier molecular flexibility index (Phi) is 5.29. The third kappa shape index (κ3) is 3.86. The van der Waals surface area contributed by atoms with Crippen molar-refractivity contribution < 1.29 is 26.3 Å². The first-order chi connectivity index (χ1) is 16.6. The van der Waals surface area contributed by atoms with Gasteiger partial charge in [-0.1, -0.05) is 30.7 Å². The van der Waals surface area contributed by atoms with Gasteiger partial charge in [-0.15, -0.1) is 0 Å². The van der Waals surface area contributed by atoms with E-state index in [1.807, 2.05) is 12.1 Å². The van der Waals surface area contributed by atoms with E-state index >= 15 is 0 Å². The molecule has 35 heavy (non-hydrogen) atoms. The fraction of sp³-hybridized carbons (Fsp3) is 0.538. The molecular weight excluding hydrogens is 477 g/mol. The lowest BCUT2D eigenvalue weighted by Gasteiger charge is -2.29. The van der Waals surface area contributed by atoms with Crippen LogP contribution in [0.25, 0.3) is 0 Å². The molecule has 9 heteroatoms. The quantitative estimate of drug-likeness (QED) is 0.432. The smallest absolute Gasteiger partial charge is 0.416 e. The standard InChI is InChI=1S/C26H29F3N2O3S/c1-31-23-24(31)25(23)15-17-8-9-19(34-11-10-30-35(32,33)20-6-3-7-20)14-21(17)22(25)13-16-4-2-5-18(12-16)26(27,28)29/h2,4-5,8-9,12,14,20,22-24,30H,3,6-7,10-11,13,15H2,1H3. The zero-order chi connectivity index (χ0) is 24.6. The lowest BCUT2D eigenvalue weighted by Crippen LogP contribution is -2.40. The second-order valence-corrected chi connectivity index (χ2v) is 12.5. The summed E-state index contributed by atoms with van der Waals surface area (Å²) in [7, 11) is -1.17. The lowest BCUT2D eigenvalue weighted by atomic mass is 9.81. The Morgan fingerprint density at radius 2 is 1.91 bits per heavy atom. The van der Waals surface area contributed by atoms with E-state index in [4.69, 9.17) is 4.74 Å². The summed E-state index contributed by atoms with van der Waals surface area (Å²) in [6, 6.07) is 12.7. The van der Waals surface area contributed by atoms with E-state index in [0.717, 1.165) is 24.5 Å². The van der Waals surface area contributed by atoms with E-state index in [9.17, 15) is 21.6 Å². The molecule has 6 rings (SSSR count). The summed E-state index contributed by atoms with van der Waals surface area (Å²) in [5.74, 6) is 0.799. The fourth-order valence-electron chi connectivity index (χ4n) is 6.51. The lowest BCUT2D eigenvalue weighted by molar-refractivity contribution is -0.137. The minimum absolute atomic E-state index is 0.0996. The SMILES string of the molecule is CN1C2C1C21Cc2ccc(OCCNS(=O)(=O)C3CCC3)cc2C1Cc1cccc(C(F)(F)F)c1. The van der Waals surface area contributed by atoms with Gasteiger partial charge in [0.1, 0.15) is 12.4 Å². The summed E-state index contributed by atoms with van der Waals surface area (Å²) >= 11 is 0. The van der Waals surface area contributed by atoms with Crippen molar-refractivity contribution in [2.75, 3.05) is 20.2 Å². The average molecular weight is 507 g/mol.